The van der Waals surface area contributed by atoms with E-state index in [1.165, 1.54) is 30.3 Å². The number of carbonyl (C=O) groups is 2. The fraction of sp³-hybridized carbons (Fsp3) is 0.517. The lowest BCUT2D eigenvalue weighted by molar-refractivity contribution is -0.274. The van der Waals surface area contributed by atoms with E-state index in [9.17, 15) is 27.2 Å². The smallest absolute Gasteiger partial charge is 0.444 e. The summed E-state index contributed by atoms with van der Waals surface area (Å²) < 4.78 is 61.8. The first kappa shape index (κ1) is 28.7. The van der Waals surface area contributed by atoms with Crippen molar-refractivity contribution >= 4 is 12.0 Å². The van der Waals surface area contributed by atoms with E-state index in [2.05, 4.69) is 4.74 Å². The van der Waals surface area contributed by atoms with Crippen molar-refractivity contribution < 1.29 is 36.6 Å². The molecule has 0 unspecified atom stereocenters. The van der Waals surface area contributed by atoms with Gasteiger partial charge in [-0.2, -0.15) is 0 Å². The number of ether oxygens (including phenoxy) is 2. The van der Waals surface area contributed by atoms with Gasteiger partial charge in [-0.05, 0) is 69.2 Å². The summed E-state index contributed by atoms with van der Waals surface area (Å²) in [6.45, 7) is 7.23. The van der Waals surface area contributed by atoms with Crippen LogP contribution in [0.2, 0.25) is 0 Å². The second-order valence-electron chi connectivity index (χ2n) is 11.4. The average Bonchev–Trinajstić information content (AvgIpc) is 2.84. The minimum Gasteiger partial charge on any atom is -0.444 e. The highest BCUT2D eigenvalue weighted by molar-refractivity contribution is 5.79. The molecule has 10 heteroatoms. The largest absolute Gasteiger partial charge is 0.573 e. The molecule has 2 aromatic carbocycles. The van der Waals surface area contributed by atoms with Crippen molar-refractivity contribution in [2.24, 2.45) is 5.41 Å². The molecule has 1 spiro atoms. The van der Waals surface area contributed by atoms with Crippen LogP contribution in [-0.4, -0.2) is 59.9 Å². The van der Waals surface area contributed by atoms with E-state index in [1.54, 1.807) is 28.0 Å². The Kier molecular flexibility index (Phi) is 8.14. The summed E-state index contributed by atoms with van der Waals surface area (Å²) in [7, 11) is 0. The summed E-state index contributed by atoms with van der Waals surface area (Å²) >= 11 is 0. The second-order valence-corrected chi connectivity index (χ2v) is 11.4. The Morgan fingerprint density at radius 3 is 2.10 bits per heavy atom. The fourth-order valence-corrected chi connectivity index (χ4v) is 5.63. The van der Waals surface area contributed by atoms with Crippen LogP contribution in [0.5, 0.6) is 5.75 Å². The molecule has 6 nitrogen and oxygen atoms in total. The molecule has 0 aliphatic carbocycles. The first-order valence-corrected chi connectivity index (χ1v) is 13.1. The van der Waals surface area contributed by atoms with Gasteiger partial charge in [0.1, 0.15) is 17.2 Å². The maximum atomic E-state index is 13.7. The number of para-hydroxylation sites is 1. The Labute approximate surface area is 225 Å². The van der Waals surface area contributed by atoms with Crippen molar-refractivity contribution in [1.29, 1.82) is 0 Å². The summed E-state index contributed by atoms with van der Waals surface area (Å²) in [6.07, 6.45) is -3.43. The van der Waals surface area contributed by atoms with E-state index < -0.39 is 18.1 Å². The predicted octanol–water partition coefficient (Wildman–Crippen LogP) is 6.30. The highest BCUT2D eigenvalue weighted by Crippen LogP contribution is 2.50. The second kappa shape index (κ2) is 11.1. The van der Waals surface area contributed by atoms with Crippen molar-refractivity contribution in [1.82, 2.24) is 9.80 Å². The number of rotatable bonds is 4. The average molecular weight is 551 g/mol. The van der Waals surface area contributed by atoms with Crippen LogP contribution in [0.3, 0.4) is 0 Å². The first-order valence-electron chi connectivity index (χ1n) is 13.1. The highest BCUT2D eigenvalue weighted by atomic mass is 19.4. The molecular formula is C29H34F4N2O4. The third-order valence-electron chi connectivity index (χ3n) is 7.60. The van der Waals surface area contributed by atoms with Crippen LogP contribution in [0, 0.1) is 11.2 Å². The van der Waals surface area contributed by atoms with Gasteiger partial charge in [0.25, 0.3) is 0 Å². The molecule has 2 amide bonds. The van der Waals surface area contributed by atoms with Crippen molar-refractivity contribution in [3.05, 3.63) is 65.5 Å². The monoisotopic (exact) mass is 550 g/mol. The Balaban J connectivity index is 1.48. The maximum absolute atomic E-state index is 13.7. The summed E-state index contributed by atoms with van der Waals surface area (Å²) in [5, 5.41) is 0. The number of amides is 2. The van der Waals surface area contributed by atoms with E-state index >= 15 is 0 Å². The molecule has 0 radical (unpaired) electrons. The van der Waals surface area contributed by atoms with Crippen LogP contribution in [0.1, 0.15) is 57.1 Å². The van der Waals surface area contributed by atoms with E-state index in [0.717, 1.165) is 5.56 Å². The van der Waals surface area contributed by atoms with Gasteiger partial charge in [-0.25, -0.2) is 9.18 Å². The van der Waals surface area contributed by atoms with Crippen LogP contribution in [0.25, 0.3) is 0 Å². The number of alkyl halides is 3. The van der Waals surface area contributed by atoms with Gasteiger partial charge < -0.3 is 19.3 Å². The maximum Gasteiger partial charge on any atom is 0.573 e. The van der Waals surface area contributed by atoms with Gasteiger partial charge in [-0.15, -0.1) is 13.2 Å². The van der Waals surface area contributed by atoms with E-state index in [0.29, 0.717) is 45.4 Å². The summed E-state index contributed by atoms with van der Waals surface area (Å²) in [5.41, 5.74) is 0.245. The Bertz CT molecular complexity index is 1170. The van der Waals surface area contributed by atoms with Crippen LogP contribution in [0.15, 0.2) is 48.5 Å². The summed E-state index contributed by atoms with van der Waals surface area (Å²) in [5.74, 6) is -1.08. The molecule has 2 aliphatic rings. The molecule has 4 rings (SSSR count). The normalized spacial score (nSPS) is 19.6. The molecule has 2 heterocycles. The third kappa shape index (κ3) is 7.22. The Morgan fingerprint density at radius 2 is 1.51 bits per heavy atom. The van der Waals surface area contributed by atoms with E-state index in [1.807, 2.05) is 20.8 Å². The van der Waals surface area contributed by atoms with E-state index in [-0.39, 0.29) is 40.8 Å². The number of nitrogens with zero attached hydrogens (tertiary/aromatic N) is 2. The van der Waals surface area contributed by atoms with Crippen molar-refractivity contribution in [2.75, 3.05) is 26.2 Å². The number of carbonyl (C=O) groups excluding carboxylic acids is 2. The molecule has 0 saturated carbocycles. The van der Waals surface area contributed by atoms with Gasteiger partial charge in [-0.1, -0.05) is 30.3 Å². The lowest BCUT2D eigenvalue weighted by Gasteiger charge is -2.52. The zero-order chi connectivity index (χ0) is 28.4. The van der Waals surface area contributed by atoms with Gasteiger partial charge in [0.15, 0.2) is 0 Å². The van der Waals surface area contributed by atoms with Gasteiger partial charge in [0.05, 0.1) is 6.42 Å². The molecule has 2 aliphatic heterocycles. The van der Waals surface area contributed by atoms with Crippen molar-refractivity contribution in [3.8, 4) is 5.75 Å². The zero-order valence-electron chi connectivity index (χ0n) is 22.4. The number of benzene rings is 2. The zero-order valence-corrected chi connectivity index (χ0v) is 22.4. The van der Waals surface area contributed by atoms with E-state index in [4.69, 9.17) is 4.74 Å². The lowest BCUT2D eigenvalue weighted by atomic mass is 9.62. The quantitative estimate of drug-likeness (QED) is 0.420. The Morgan fingerprint density at radius 1 is 0.923 bits per heavy atom. The third-order valence-corrected chi connectivity index (χ3v) is 7.60. The van der Waals surface area contributed by atoms with Crippen molar-refractivity contribution in [3.63, 3.8) is 0 Å². The number of hydrogen-bond acceptors (Lipinski definition) is 4. The lowest BCUT2D eigenvalue weighted by Crippen LogP contribution is -2.54. The molecule has 2 saturated heterocycles. The molecule has 0 aromatic heterocycles. The molecule has 1 atom stereocenters. The van der Waals surface area contributed by atoms with Crippen molar-refractivity contribution in [2.45, 2.75) is 64.3 Å². The number of halogens is 4. The highest BCUT2D eigenvalue weighted by Gasteiger charge is 2.47. The number of hydrogen-bond donors (Lipinski definition) is 0. The van der Waals surface area contributed by atoms with Gasteiger partial charge in [-0.3, -0.25) is 4.79 Å². The SMILES string of the molecule is CC(C)(C)OC(=O)N1CCC2(CCN(C(=O)Cc3ccccc3OC(F)(F)F)CC2)[C@H](c2ccc(F)cc2)C1. The minimum atomic E-state index is -4.85. The summed E-state index contributed by atoms with van der Waals surface area (Å²) in [4.78, 5) is 29.3. The topological polar surface area (TPSA) is 59.1 Å². The first-order chi connectivity index (χ1) is 18.2. The molecule has 39 heavy (non-hydrogen) atoms. The molecule has 212 valence electrons. The predicted molar refractivity (Wildman–Crippen MR) is 137 cm³/mol. The molecule has 2 fully saturated rings. The number of likely N-dealkylation sites (tertiary alicyclic amines) is 2. The molecule has 2 aromatic rings. The molecular weight excluding hydrogens is 516 g/mol. The molecule has 0 bridgehead atoms. The van der Waals surface area contributed by atoms with Crippen LogP contribution in [0.4, 0.5) is 22.4 Å². The Hall–Kier alpha value is -3.30. The summed E-state index contributed by atoms with van der Waals surface area (Å²) in [6, 6.07) is 12.0. The fourth-order valence-electron chi connectivity index (χ4n) is 5.63. The van der Waals surface area contributed by atoms with Crippen LogP contribution < -0.4 is 4.74 Å². The molecule has 0 N–H and O–H groups in total. The minimum absolute atomic E-state index is 0.0856. The van der Waals surface area contributed by atoms with Gasteiger partial charge >= 0.3 is 12.5 Å². The van der Waals surface area contributed by atoms with Gasteiger partial charge in [0.2, 0.25) is 5.91 Å². The van der Waals surface area contributed by atoms with Gasteiger partial charge in [0, 0.05) is 37.7 Å². The standard InChI is InChI=1S/C29H34F4N2O4/c1-27(2,3)39-26(37)35-17-14-28(23(19-35)20-8-10-22(30)11-9-20)12-15-34(16-13-28)25(36)18-21-6-4-5-7-24(21)38-29(31,32)33/h4-11,23H,12-19H2,1-3H3/t23-/m0/s1. The van der Waals surface area contributed by atoms with Crippen LogP contribution in [-0.2, 0) is 16.0 Å². The van der Waals surface area contributed by atoms with Crippen LogP contribution >= 0.6 is 0 Å². The number of piperidine rings is 2.